The zero-order valence-electron chi connectivity index (χ0n) is 9.04. The van der Waals surface area contributed by atoms with E-state index >= 15 is 0 Å². The molecule has 0 aliphatic rings. The second-order valence-corrected chi connectivity index (χ2v) is 3.94. The molecule has 4 heteroatoms. The molecule has 2 rings (SSSR count). The Labute approximate surface area is 103 Å². The van der Waals surface area contributed by atoms with Crippen LogP contribution in [0.15, 0.2) is 36.4 Å². The van der Waals surface area contributed by atoms with Gasteiger partial charge in [-0.2, -0.15) is 0 Å². The number of rotatable bonds is 3. The molecule has 0 fully saturated rings. The van der Waals surface area contributed by atoms with Crippen molar-refractivity contribution in [3.05, 3.63) is 47.8 Å². The summed E-state index contributed by atoms with van der Waals surface area (Å²) >= 11 is 5.35. The molecule has 0 atom stereocenters. The Kier molecular flexibility index (Phi) is 3.59. The first kappa shape index (κ1) is 11.9. The summed E-state index contributed by atoms with van der Waals surface area (Å²) < 4.78 is 14.0. The highest BCUT2D eigenvalue weighted by Crippen LogP contribution is 2.20. The lowest BCUT2D eigenvalue weighted by Gasteiger charge is -2.07. The molecule has 1 N–H and O–H groups in total. The fourth-order valence-corrected chi connectivity index (χ4v) is 1.75. The van der Waals surface area contributed by atoms with Crippen LogP contribution in [0.3, 0.4) is 0 Å². The molecule has 0 aromatic heterocycles. The molecule has 0 bridgehead atoms. The van der Waals surface area contributed by atoms with Crippen LogP contribution >= 0.6 is 11.6 Å². The van der Waals surface area contributed by atoms with Crippen LogP contribution in [0.2, 0.25) is 0 Å². The highest BCUT2D eigenvalue weighted by atomic mass is 35.5. The Hall–Kier alpha value is -1.61. The third-order valence-corrected chi connectivity index (χ3v) is 2.78. The van der Waals surface area contributed by atoms with Gasteiger partial charge < -0.3 is 5.32 Å². The predicted molar refractivity (Wildman–Crippen MR) is 66.5 cm³/mol. The lowest BCUT2D eigenvalue weighted by atomic mass is 10.1. The van der Waals surface area contributed by atoms with Crippen molar-refractivity contribution in [2.24, 2.45) is 0 Å². The number of amides is 1. The zero-order valence-corrected chi connectivity index (χ0v) is 9.80. The van der Waals surface area contributed by atoms with Crippen LogP contribution in [-0.2, 0) is 11.3 Å². The number of hydrogen-bond acceptors (Lipinski definition) is 1. The monoisotopic (exact) mass is 251 g/mol. The van der Waals surface area contributed by atoms with E-state index in [0.29, 0.717) is 10.9 Å². The van der Waals surface area contributed by atoms with Crippen molar-refractivity contribution >= 4 is 28.3 Å². The quantitative estimate of drug-likeness (QED) is 0.835. The molecule has 0 aliphatic carbocycles. The molecule has 0 saturated heterocycles. The van der Waals surface area contributed by atoms with Crippen molar-refractivity contribution in [1.29, 1.82) is 0 Å². The largest absolute Gasteiger partial charge is 0.351 e. The van der Waals surface area contributed by atoms with Gasteiger partial charge in [0.25, 0.3) is 0 Å². The number of nitrogens with one attached hydrogen (secondary N) is 1. The maximum absolute atomic E-state index is 14.0. The van der Waals surface area contributed by atoms with E-state index in [1.807, 2.05) is 18.2 Å². The van der Waals surface area contributed by atoms with Crippen LogP contribution < -0.4 is 5.32 Å². The molecule has 2 aromatic rings. The van der Waals surface area contributed by atoms with E-state index in [2.05, 4.69) is 5.32 Å². The minimum atomic E-state index is -0.306. The minimum Gasteiger partial charge on any atom is -0.351 e. The standard InChI is InChI=1S/C13H11ClFNO/c14-7-12(17)16-8-10-6-5-9-3-1-2-4-11(9)13(10)15/h1-6H,7-8H2,(H,16,17). The summed E-state index contributed by atoms with van der Waals surface area (Å²) in [6.45, 7) is 0.155. The van der Waals surface area contributed by atoms with Gasteiger partial charge in [-0.1, -0.05) is 36.4 Å². The van der Waals surface area contributed by atoms with E-state index in [0.717, 1.165) is 5.39 Å². The maximum Gasteiger partial charge on any atom is 0.235 e. The van der Waals surface area contributed by atoms with Crippen molar-refractivity contribution < 1.29 is 9.18 Å². The molecular weight excluding hydrogens is 241 g/mol. The topological polar surface area (TPSA) is 29.1 Å². The smallest absolute Gasteiger partial charge is 0.235 e. The van der Waals surface area contributed by atoms with Gasteiger partial charge >= 0.3 is 0 Å². The van der Waals surface area contributed by atoms with Crippen molar-refractivity contribution in [2.45, 2.75) is 6.54 Å². The number of fused-ring (bicyclic) bond motifs is 1. The summed E-state index contributed by atoms with van der Waals surface area (Å²) in [5.41, 5.74) is 0.460. The van der Waals surface area contributed by atoms with Gasteiger partial charge in [-0.15, -0.1) is 11.6 Å². The van der Waals surface area contributed by atoms with Gasteiger partial charge in [0.05, 0.1) is 0 Å². The van der Waals surface area contributed by atoms with Crippen molar-refractivity contribution in [1.82, 2.24) is 5.32 Å². The first-order chi connectivity index (χ1) is 8.22. The molecule has 0 aliphatic heterocycles. The highest BCUT2D eigenvalue weighted by molar-refractivity contribution is 6.27. The molecule has 0 radical (unpaired) electrons. The Balaban J connectivity index is 2.29. The Morgan fingerprint density at radius 2 is 2.00 bits per heavy atom. The highest BCUT2D eigenvalue weighted by Gasteiger charge is 2.07. The van der Waals surface area contributed by atoms with E-state index in [9.17, 15) is 9.18 Å². The lowest BCUT2D eigenvalue weighted by molar-refractivity contribution is -0.118. The second-order valence-electron chi connectivity index (χ2n) is 3.67. The molecule has 2 aromatic carbocycles. The molecular formula is C13H11ClFNO. The fraction of sp³-hybridized carbons (Fsp3) is 0.154. The van der Waals surface area contributed by atoms with Crippen LogP contribution in [0.4, 0.5) is 4.39 Å². The number of alkyl halides is 1. The van der Waals surface area contributed by atoms with E-state index in [4.69, 9.17) is 11.6 Å². The van der Waals surface area contributed by atoms with Crippen molar-refractivity contribution in [2.75, 3.05) is 5.88 Å². The second kappa shape index (κ2) is 5.15. The third-order valence-electron chi connectivity index (χ3n) is 2.54. The number of carbonyl (C=O) groups is 1. The Morgan fingerprint density at radius 3 is 2.76 bits per heavy atom. The SMILES string of the molecule is O=C(CCl)NCc1ccc2ccccc2c1F. The number of benzene rings is 2. The summed E-state index contributed by atoms with van der Waals surface area (Å²) in [6, 6.07) is 10.7. The van der Waals surface area contributed by atoms with Gasteiger partial charge in [0.2, 0.25) is 5.91 Å². The van der Waals surface area contributed by atoms with Gasteiger partial charge in [0.1, 0.15) is 11.7 Å². The summed E-state index contributed by atoms with van der Waals surface area (Å²) in [5, 5.41) is 3.95. The summed E-state index contributed by atoms with van der Waals surface area (Å²) in [7, 11) is 0. The van der Waals surface area contributed by atoms with Gasteiger partial charge in [0.15, 0.2) is 0 Å². The molecule has 88 valence electrons. The van der Waals surface area contributed by atoms with Crippen LogP contribution in [0.5, 0.6) is 0 Å². The average Bonchev–Trinajstić information content (AvgIpc) is 2.38. The van der Waals surface area contributed by atoms with Crippen LogP contribution in [-0.4, -0.2) is 11.8 Å². The molecule has 0 saturated carbocycles. The Bertz CT molecular complexity index is 556. The first-order valence-corrected chi connectivity index (χ1v) is 5.74. The van der Waals surface area contributed by atoms with Gasteiger partial charge in [-0.25, -0.2) is 4.39 Å². The maximum atomic E-state index is 14.0. The molecule has 17 heavy (non-hydrogen) atoms. The minimum absolute atomic E-state index is 0.116. The molecule has 0 unspecified atom stereocenters. The lowest BCUT2D eigenvalue weighted by Crippen LogP contribution is -2.24. The van der Waals surface area contributed by atoms with Crippen molar-refractivity contribution in [3.63, 3.8) is 0 Å². The van der Waals surface area contributed by atoms with E-state index in [1.165, 1.54) is 0 Å². The van der Waals surface area contributed by atoms with Gasteiger partial charge in [0, 0.05) is 17.5 Å². The predicted octanol–water partition coefficient (Wildman–Crippen LogP) is 2.83. The van der Waals surface area contributed by atoms with Crippen LogP contribution in [0, 0.1) is 5.82 Å². The molecule has 1 amide bonds. The zero-order chi connectivity index (χ0) is 12.3. The summed E-state index contributed by atoms with van der Waals surface area (Å²) in [5.74, 6) is -0.716. The van der Waals surface area contributed by atoms with Crippen molar-refractivity contribution in [3.8, 4) is 0 Å². The van der Waals surface area contributed by atoms with Crippen LogP contribution in [0.25, 0.3) is 10.8 Å². The third kappa shape index (κ3) is 2.56. The first-order valence-electron chi connectivity index (χ1n) is 5.21. The number of carbonyl (C=O) groups excluding carboxylic acids is 1. The normalized spacial score (nSPS) is 10.5. The molecule has 0 heterocycles. The summed E-state index contributed by atoms with van der Waals surface area (Å²) in [4.78, 5) is 11.0. The van der Waals surface area contributed by atoms with Gasteiger partial charge in [-0.3, -0.25) is 4.79 Å². The fourth-order valence-electron chi connectivity index (χ4n) is 1.66. The van der Waals surface area contributed by atoms with E-state index in [1.54, 1.807) is 18.2 Å². The average molecular weight is 252 g/mol. The van der Waals surface area contributed by atoms with Crippen LogP contribution in [0.1, 0.15) is 5.56 Å². The van der Waals surface area contributed by atoms with Gasteiger partial charge in [-0.05, 0) is 5.39 Å². The van der Waals surface area contributed by atoms with E-state index in [-0.39, 0.29) is 24.1 Å². The molecule has 2 nitrogen and oxygen atoms in total. The number of hydrogen-bond donors (Lipinski definition) is 1. The molecule has 0 spiro atoms. The number of halogens is 2. The summed E-state index contributed by atoms with van der Waals surface area (Å²) in [6.07, 6.45) is 0. The Morgan fingerprint density at radius 1 is 1.24 bits per heavy atom. The van der Waals surface area contributed by atoms with E-state index < -0.39 is 0 Å².